The third kappa shape index (κ3) is 5.72. The quantitative estimate of drug-likeness (QED) is 0.471. The molecule has 4 rings (SSSR count). The number of rotatable bonds is 9. The van der Waals surface area contributed by atoms with Gasteiger partial charge < -0.3 is 23.8 Å². The molecule has 0 radical (unpaired) electrons. The molecule has 0 N–H and O–H groups in total. The molecule has 1 atom stereocenters. The van der Waals surface area contributed by atoms with E-state index in [-0.39, 0.29) is 11.9 Å². The summed E-state index contributed by atoms with van der Waals surface area (Å²) < 4.78 is 22.0. The van der Waals surface area contributed by atoms with Crippen molar-refractivity contribution in [1.82, 2.24) is 4.90 Å². The van der Waals surface area contributed by atoms with Crippen molar-refractivity contribution in [2.45, 2.75) is 51.0 Å². The van der Waals surface area contributed by atoms with Crippen molar-refractivity contribution in [2.75, 3.05) is 34.5 Å². The van der Waals surface area contributed by atoms with Crippen LogP contribution in [-0.2, 0) is 16.0 Å². The molecule has 7 nitrogen and oxygen atoms in total. The van der Waals surface area contributed by atoms with Crippen molar-refractivity contribution in [3.63, 3.8) is 0 Å². The second-order valence-electron chi connectivity index (χ2n) is 9.28. The number of benzene rings is 2. The Morgan fingerprint density at radius 1 is 0.971 bits per heavy atom. The molecule has 7 heteroatoms. The van der Waals surface area contributed by atoms with E-state index in [1.165, 1.54) is 32.8 Å². The largest absolute Gasteiger partial charge is 0.493 e. The monoisotopic (exact) mass is 481 g/mol. The third-order valence-electron chi connectivity index (χ3n) is 7.25. The van der Waals surface area contributed by atoms with Gasteiger partial charge in [0.15, 0.2) is 11.5 Å². The minimum Gasteiger partial charge on any atom is -0.493 e. The van der Waals surface area contributed by atoms with Gasteiger partial charge in [-0.3, -0.25) is 4.79 Å². The predicted molar refractivity (Wildman–Crippen MR) is 132 cm³/mol. The van der Waals surface area contributed by atoms with Crippen LogP contribution in [0, 0.1) is 5.92 Å². The molecule has 1 amide bonds. The maximum Gasteiger partial charge on any atom is 0.337 e. The number of esters is 1. The van der Waals surface area contributed by atoms with Crippen molar-refractivity contribution in [1.29, 1.82) is 0 Å². The zero-order valence-corrected chi connectivity index (χ0v) is 20.9. The highest BCUT2D eigenvalue weighted by Gasteiger charge is 2.33. The average molecular weight is 482 g/mol. The molecule has 0 unspecified atom stereocenters. The van der Waals surface area contributed by atoms with Crippen LogP contribution in [0.25, 0.3) is 0 Å². The van der Waals surface area contributed by atoms with Crippen LogP contribution in [-0.4, -0.2) is 51.3 Å². The molecule has 1 saturated carbocycles. The highest BCUT2D eigenvalue weighted by atomic mass is 16.5. The van der Waals surface area contributed by atoms with Crippen molar-refractivity contribution >= 4 is 11.9 Å². The Kier molecular flexibility index (Phi) is 8.16. The Balaban J connectivity index is 1.55. The summed E-state index contributed by atoms with van der Waals surface area (Å²) in [5, 5.41) is 0. The standard InChI is InChI=1S/C28H35NO6/c1-32-25-16-21-14-15-29(27(30)13-8-19-6-4-5-7-19)24(23(21)17-26(25)33-2)18-35-22-11-9-20(10-12-22)28(31)34-3/h9-12,16-17,19,24H,4-8,13-15,18H2,1-3H3/t24-/m0/s1. The maximum atomic E-state index is 13.4. The van der Waals surface area contributed by atoms with E-state index in [0.717, 1.165) is 24.0 Å². The van der Waals surface area contributed by atoms with Gasteiger partial charge in [0.1, 0.15) is 12.4 Å². The summed E-state index contributed by atoms with van der Waals surface area (Å²) in [5.74, 6) is 2.40. The smallest absolute Gasteiger partial charge is 0.337 e. The Labute approximate surface area is 207 Å². The summed E-state index contributed by atoms with van der Waals surface area (Å²) in [6.07, 6.45) is 7.32. The summed E-state index contributed by atoms with van der Waals surface area (Å²) in [6, 6.07) is 10.6. The molecule has 188 valence electrons. The van der Waals surface area contributed by atoms with E-state index in [2.05, 4.69) is 0 Å². The number of amides is 1. The lowest BCUT2D eigenvalue weighted by Crippen LogP contribution is -2.42. The predicted octanol–water partition coefficient (Wildman–Crippen LogP) is 4.97. The van der Waals surface area contributed by atoms with Crippen LogP contribution >= 0.6 is 0 Å². The Hall–Kier alpha value is -3.22. The van der Waals surface area contributed by atoms with Gasteiger partial charge in [-0.2, -0.15) is 0 Å². The zero-order valence-electron chi connectivity index (χ0n) is 20.9. The maximum absolute atomic E-state index is 13.4. The highest BCUT2D eigenvalue weighted by molar-refractivity contribution is 5.89. The molecular weight excluding hydrogens is 446 g/mol. The van der Waals surface area contributed by atoms with Gasteiger partial charge in [0.25, 0.3) is 0 Å². The molecule has 2 aromatic rings. The first kappa shape index (κ1) is 24.9. The van der Waals surface area contributed by atoms with E-state index in [9.17, 15) is 9.59 Å². The van der Waals surface area contributed by atoms with Crippen LogP contribution in [0.3, 0.4) is 0 Å². The number of nitrogens with zero attached hydrogens (tertiary/aromatic N) is 1. The molecule has 1 heterocycles. The number of fused-ring (bicyclic) bond motifs is 1. The van der Waals surface area contributed by atoms with Crippen molar-refractivity contribution in [2.24, 2.45) is 5.92 Å². The molecule has 35 heavy (non-hydrogen) atoms. The van der Waals surface area contributed by atoms with E-state index in [4.69, 9.17) is 18.9 Å². The topological polar surface area (TPSA) is 74.3 Å². The fraction of sp³-hybridized carbons (Fsp3) is 0.500. The van der Waals surface area contributed by atoms with E-state index < -0.39 is 5.97 Å². The second kappa shape index (κ2) is 11.5. The van der Waals surface area contributed by atoms with Crippen LogP contribution in [0.5, 0.6) is 17.2 Å². The van der Waals surface area contributed by atoms with Crippen molar-refractivity contribution < 1.29 is 28.5 Å². The molecule has 0 saturated heterocycles. The molecule has 2 aromatic carbocycles. The minimum absolute atomic E-state index is 0.173. The van der Waals surface area contributed by atoms with Gasteiger partial charge in [0.05, 0.1) is 32.9 Å². The molecule has 0 bridgehead atoms. The van der Waals surface area contributed by atoms with Crippen molar-refractivity contribution in [3.8, 4) is 17.2 Å². The molecule has 2 aliphatic rings. The Morgan fingerprint density at radius 2 is 1.66 bits per heavy atom. The zero-order chi connectivity index (χ0) is 24.8. The summed E-state index contributed by atoms with van der Waals surface area (Å²) in [6.45, 7) is 0.941. The first-order chi connectivity index (χ1) is 17.0. The summed E-state index contributed by atoms with van der Waals surface area (Å²) >= 11 is 0. The Bertz CT molecular complexity index is 1030. The van der Waals surface area contributed by atoms with Crippen molar-refractivity contribution in [3.05, 3.63) is 53.1 Å². The number of carbonyl (C=O) groups is 2. The van der Waals surface area contributed by atoms with Crippen LogP contribution in [0.15, 0.2) is 36.4 Å². The lowest BCUT2D eigenvalue weighted by molar-refractivity contribution is -0.135. The molecule has 1 aliphatic heterocycles. The van der Waals surface area contributed by atoms with Gasteiger partial charge in [0.2, 0.25) is 5.91 Å². The highest BCUT2D eigenvalue weighted by Crippen LogP contribution is 2.39. The van der Waals surface area contributed by atoms with E-state index in [1.807, 2.05) is 17.0 Å². The van der Waals surface area contributed by atoms with Gasteiger partial charge in [-0.15, -0.1) is 0 Å². The SMILES string of the molecule is COC(=O)c1ccc(OC[C@H]2c3cc(OC)c(OC)cc3CCN2C(=O)CCC2CCCC2)cc1. The lowest BCUT2D eigenvalue weighted by Gasteiger charge is -2.38. The minimum atomic E-state index is -0.391. The number of hydrogen-bond donors (Lipinski definition) is 0. The molecular formula is C28H35NO6. The third-order valence-corrected chi connectivity index (χ3v) is 7.25. The number of hydrogen-bond acceptors (Lipinski definition) is 6. The normalized spacial score (nSPS) is 17.6. The van der Waals surface area contributed by atoms with E-state index in [0.29, 0.717) is 48.3 Å². The Morgan fingerprint density at radius 3 is 2.31 bits per heavy atom. The second-order valence-corrected chi connectivity index (χ2v) is 9.28. The van der Waals surface area contributed by atoms with Gasteiger partial charge in [-0.25, -0.2) is 4.79 Å². The number of carbonyl (C=O) groups excluding carboxylic acids is 2. The molecule has 1 fully saturated rings. The number of methoxy groups -OCH3 is 3. The van der Waals surface area contributed by atoms with Crippen LogP contribution in [0.2, 0.25) is 0 Å². The lowest BCUT2D eigenvalue weighted by atomic mass is 9.91. The van der Waals surface area contributed by atoms with Gasteiger partial charge in [0, 0.05) is 13.0 Å². The molecule has 0 spiro atoms. The fourth-order valence-corrected chi connectivity index (χ4v) is 5.26. The molecule has 0 aromatic heterocycles. The van der Waals surface area contributed by atoms with Crippen LogP contribution < -0.4 is 14.2 Å². The first-order valence-corrected chi connectivity index (χ1v) is 12.4. The van der Waals surface area contributed by atoms with Crippen LogP contribution in [0.4, 0.5) is 0 Å². The van der Waals surface area contributed by atoms with E-state index in [1.54, 1.807) is 38.5 Å². The summed E-state index contributed by atoms with van der Waals surface area (Å²) in [4.78, 5) is 27.1. The van der Waals surface area contributed by atoms with Gasteiger partial charge >= 0.3 is 5.97 Å². The fourth-order valence-electron chi connectivity index (χ4n) is 5.26. The van der Waals surface area contributed by atoms with E-state index >= 15 is 0 Å². The first-order valence-electron chi connectivity index (χ1n) is 12.4. The van der Waals surface area contributed by atoms with Gasteiger partial charge in [-0.05, 0) is 66.3 Å². The van der Waals surface area contributed by atoms with Crippen LogP contribution in [0.1, 0.15) is 66.1 Å². The summed E-state index contributed by atoms with van der Waals surface area (Å²) in [5.41, 5.74) is 2.62. The number of ether oxygens (including phenoxy) is 4. The summed E-state index contributed by atoms with van der Waals surface area (Å²) in [7, 11) is 4.60. The average Bonchev–Trinajstić information content (AvgIpc) is 3.43. The van der Waals surface area contributed by atoms with Gasteiger partial charge in [-0.1, -0.05) is 25.7 Å². The molecule has 1 aliphatic carbocycles.